The van der Waals surface area contributed by atoms with Crippen LogP contribution in [0.3, 0.4) is 0 Å². The number of urea groups is 1. The van der Waals surface area contributed by atoms with Crippen LogP contribution in [0, 0.1) is 12.8 Å². The van der Waals surface area contributed by atoms with Gasteiger partial charge in [0.1, 0.15) is 5.75 Å². The summed E-state index contributed by atoms with van der Waals surface area (Å²) in [4.78, 5) is 26.9. The molecule has 2 aromatic rings. The van der Waals surface area contributed by atoms with Crippen LogP contribution in [0.15, 0.2) is 48.5 Å². The van der Waals surface area contributed by atoms with Crippen molar-refractivity contribution in [2.75, 3.05) is 31.6 Å². The minimum Gasteiger partial charge on any atom is -0.494 e. The van der Waals surface area contributed by atoms with Gasteiger partial charge in [-0.25, -0.2) is 4.79 Å². The quantitative estimate of drug-likeness (QED) is 0.662. The lowest BCUT2D eigenvalue weighted by Crippen LogP contribution is -2.44. The molecule has 6 heteroatoms. The first-order chi connectivity index (χ1) is 15.0. The summed E-state index contributed by atoms with van der Waals surface area (Å²) in [6.45, 7) is 6.63. The zero-order valence-electron chi connectivity index (χ0n) is 18.5. The van der Waals surface area contributed by atoms with Crippen molar-refractivity contribution >= 4 is 17.6 Å². The molecule has 1 aliphatic rings. The molecule has 3 amide bonds. The van der Waals surface area contributed by atoms with Gasteiger partial charge in [-0.05, 0) is 62.8 Å². The summed E-state index contributed by atoms with van der Waals surface area (Å²) in [7, 11) is 0. The average molecular weight is 424 g/mol. The summed E-state index contributed by atoms with van der Waals surface area (Å²) in [5.74, 6) is 1.30. The lowest BCUT2D eigenvalue weighted by molar-refractivity contribution is -0.132. The molecule has 1 atom stereocenters. The maximum absolute atomic E-state index is 12.8. The average Bonchev–Trinajstić information content (AvgIpc) is 2.79. The van der Waals surface area contributed by atoms with Crippen LogP contribution in [-0.4, -0.2) is 43.1 Å². The molecule has 0 bridgehead atoms. The van der Waals surface area contributed by atoms with Crippen LogP contribution < -0.4 is 15.4 Å². The highest BCUT2D eigenvalue weighted by Crippen LogP contribution is 2.21. The Labute approximate surface area is 185 Å². The Morgan fingerprint density at radius 3 is 2.68 bits per heavy atom. The second kappa shape index (κ2) is 11.4. The standard InChI is InChI=1S/C25H33N3O3/c1-3-31-23-9-5-4-8-21(23)12-15-24(29)28-16-6-7-20(18-28)17-26-25(30)27-22-13-10-19(2)11-14-22/h4-5,8-11,13-14,20H,3,6-7,12,15-18H2,1-2H3,(H2,26,27,30)/t20-/m0/s1. The van der Waals surface area contributed by atoms with Gasteiger partial charge in [0.25, 0.3) is 0 Å². The van der Waals surface area contributed by atoms with E-state index < -0.39 is 0 Å². The highest BCUT2D eigenvalue weighted by Gasteiger charge is 2.24. The summed E-state index contributed by atoms with van der Waals surface area (Å²) in [5.41, 5.74) is 3.00. The molecule has 1 saturated heterocycles. The zero-order chi connectivity index (χ0) is 22.1. The number of rotatable bonds is 8. The number of hydrogen-bond acceptors (Lipinski definition) is 3. The Hall–Kier alpha value is -3.02. The molecule has 0 saturated carbocycles. The molecule has 0 radical (unpaired) electrons. The molecule has 1 aliphatic heterocycles. The maximum atomic E-state index is 12.8. The van der Waals surface area contributed by atoms with Crippen LogP contribution in [0.2, 0.25) is 0 Å². The van der Waals surface area contributed by atoms with Crippen molar-refractivity contribution in [1.29, 1.82) is 0 Å². The van der Waals surface area contributed by atoms with E-state index >= 15 is 0 Å². The molecule has 0 spiro atoms. The van der Waals surface area contributed by atoms with E-state index in [-0.39, 0.29) is 17.9 Å². The first-order valence-electron chi connectivity index (χ1n) is 11.1. The molecule has 0 aromatic heterocycles. The number of aryl methyl sites for hydroxylation is 2. The van der Waals surface area contributed by atoms with Crippen molar-refractivity contribution in [3.05, 3.63) is 59.7 Å². The van der Waals surface area contributed by atoms with Gasteiger partial charge in [-0.2, -0.15) is 0 Å². The van der Waals surface area contributed by atoms with Gasteiger partial charge in [0, 0.05) is 31.7 Å². The van der Waals surface area contributed by atoms with Crippen LogP contribution in [0.25, 0.3) is 0 Å². The molecule has 0 aliphatic carbocycles. The smallest absolute Gasteiger partial charge is 0.319 e. The van der Waals surface area contributed by atoms with E-state index in [1.165, 1.54) is 0 Å². The van der Waals surface area contributed by atoms with Crippen molar-refractivity contribution in [3.8, 4) is 5.75 Å². The Bertz CT molecular complexity index is 867. The number of carbonyl (C=O) groups is 2. The van der Waals surface area contributed by atoms with Crippen molar-refractivity contribution in [3.63, 3.8) is 0 Å². The number of likely N-dealkylation sites (tertiary alicyclic amines) is 1. The van der Waals surface area contributed by atoms with E-state index in [4.69, 9.17) is 4.74 Å². The summed E-state index contributed by atoms with van der Waals surface area (Å²) < 4.78 is 5.66. The van der Waals surface area contributed by atoms with Crippen molar-refractivity contribution < 1.29 is 14.3 Å². The highest BCUT2D eigenvalue weighted by molar-refractivity contribution is 5.89. The molecule has 166 valence electrons. The van der Waals surface area contributed by atoms with Gasteiger partial charge >= 0.3 is 6.03 Å². The molecule has 2 aromatic carbocycles. The Morgan fingerprint density at radius 2 is 1.90 bits per heavy atom. The van der Waals surface area contributed by atoms with E-state index in [1.807, 2.05) is 67.3 Å². The van der Waals surface area contributed by atoms with Gasteiger partial charge in [0.05, 0.1) is 6.61 Å². The predicted molar refractivity (Wildman–Crippen MR) is 123 cm³/mol. The Balaban J connectivity index is 1.43. The second-order valence-electron chi connectivity index (χ2n) is 8.09. The van der Waals surface area contributed by atoms with Crippen LogP contribution in [0.4, 0.5) is 10.5 Å². The van der Waals surface area contributed by atoms with Crippen LogP contribution in [-0.2, 0) is 11.2 Å². The summed E-state index contributed by atoms with van der Waals surface area (Å²) >= 11 is 0. The van der Waals surface area contributed by atoms with Crippen LogP contribution in [0.1, 0.15) is 37.3 Å². The van der Waals surface area contributed by atoms with Crippen LogP contribution in [0.5, 0.6) is 5.75 Å². The third-order valence-corrected chi connectivity index (χ3v) is 5.61. The number of ether oxygens (including phenoxy) is 1. The molecular formula is C25H33N3O3. The molecular weight excluding hydrogens is 390 g/mol. The molecule has 6 nitrogen and oxygen atoms in total. The van der Waals surface area contributed by atoms with Gasteiger partial charge < -0.3 is 20.3 Å². The molecule has 1 fully saturated rings. The molecule has 3 rings (SSSR count). The highest BCUT2D eigenvalue weighted by atomic mass is 16.5. The lowest BCUT2D eigenvalue weighted by Gasteiger charge is -2.33. The predicted octanol–water partition coefficient (Wildman–Crippen LogP) is 4.39. The molecule has 1 heterocycles. The lowest BCUT2D eigenvalue weighted by atomic mass is 9.97. The fraction of sp³-hybridized carbons (Fsp3) is 0.440. The van der Waals surface area contributed by atoms with E-state index in [9.17, 15) is 9.59 Å². The van der Waals surface area contributed by atoms with E-state index in [1.54, 1.807) is 0 Å². The van der Waals surface area contributed by atoms with Crippen LogP contribution >= 0.6 is 0 Å². The van der Waals surface area contributed by atoms with E-state index in [2.05, 4.69) is 10.6 Å². The van der Waals surface area contributed by atoms with Gasteiger partial charge in [-0.1, -0.05) is 35.9 Å². The van der Waals surface area contributed by atoms with E-state index in [0.29, 0.717) is 32.5 Å². The number of amides is 3. The normalized spacial score (nSPS) is 15.9. The second-order valence-corrected chi connectivity index (χ2v) is 8.09. The van der Waals surface area contributed by atoms with Gasteiger partial charge in [0.15, 0.2) is 0 Å². The van der Waals surface area contributed by atoms with Gasteiger partial charge in [-0.3, -0.25) is 4.79 Å². The number of carbonyl (C=O) groups excluding carboxylic acids is 2. The molecule has 0 unspecified atom stereocenters. The third-order valence-electron chi connectivity index (χ3n) is 5.61. The summed E-state index contributed by atoms with van der Waals surface area (Å²) in [5, 5.41) is 5.80. The Kier molecular flexibility index (Phi) is 8.33. The van der Waals surface area contributed by atoms with E-state index in [0.717, 1.165) is 42.0 Å². The Morgan fingerprint density at radius 1 is 1.13 bits per heavy atom. The molecule has 31 heavy (non-hydrogen) atoms. The van der Waals surface area contributed by atoms with Crippen molar-refractivity contribution in [1.82, 2.24) is 10.2 Å². The summed E-state index contributed by atoms with van der Waals surface area (Å²) in [6, 6.07) is 15.4. The number of para-hydroxylation sites is 1. The SMILES string of the molecule is CCOc1ccccc1CCC(=O)N1CCC[C@@H](CNC(=O)Nc2ccc(C)cc2)C1. The number of benzene rings is 2. The first kappa shape index (κ1) is 22.7. The monoisotopic (exact) mass is 423 g/mol. The zero-order valence-corrected chi connectivity index (χ0v) is 18.5. The number of nitrogens with one attached hydrogen (secondary N) is 2. The van der Waals surface area contributed by atoms with Gasteiger partial charge in [0.2, 0.25) is 5.91 Å². The summed E-state index contributed by atoms with van der Waals surface area (Å²) in [6.07, 6.45) is 3.13. The van der Waals surface area contributed by atoms with Crippen molar-refractivity contribution in [2.45, 2.75) is 39.5 Å². The number of anilines is 1. The topological polar surface area (TPSA) is 70.7 Å². The number of nitrogens with zero attached hydrogens (tertiary/aromatic N) is 1. The first-order valence-corrected chi connectivity index (χ1v) is 11.1. The minimum atomic E-state index is -0.208. The fourth-order valence-electron chi connectivity index (χ4n) is 3.91. The fourth-order valence-corrected chi connectivity index (χ4v) is 3.91. The number of hydrogen-bond donors (Lipinski definition) is 2. The number of piperidine rings is 1. The maximum Gasteiger partial charge on any atom is 0.319 e. The molecule has 2 N–H and O–H groups in total. The largest absolute Gasteiger partial charge is 0.494 e. The third kappa shape index (κ3) is 7.02. The van der Waals surface area contributed by atoms with Gasteiger partial charge in [-0.15, -0.1) is 0 Å². The minimum absolute atomic E-state index is 0.167. The van der Waals surface area contributed by atoms with Crippen molar-refractivity contribution in [2.24, 2.45) is 5.92 Å².